The SMILES string of the molecule is C1=C/C2=C/Cc3ccc4c(/c3=C/C(=C1)C2)=CO4.O=C(O)CCc1ccccc1. The number of aryl methyl sites for hydroxylation is 1. The highest BCUT2D eigenvalue weighted by molar-refractivity contribution is 5.67. The summed E-state index contributed by atoms with van der Waals surface area (Å²) in [7, 11) is 0. The number of aliphatic carboxylic acids is 1. The Hall–Kier alpha value is -3.33. The van der Waals surface area contributed by atoms with Crippen LogP contribution in [0.25, 0.3) is 12.3 Å². The molecule has 2 aromatic carbocycles. The molecule has 140 valence electrons. The fourth-order valence-corrected chi connectivity index (χ4v) is 3.51. The average Bonchev–Trinajstić information content (AvgIpc) is 2.68. The zero-order valence-corrected chi connectivity index (χ0v) is 15.6. The third-order valence-electron chi connectivity index (χ3n) is 5.05. The molecule has 2 aromatic rings. The number of rotatable bonds is 3. The van der Waals surface area contributed by atoms with Crippen molar-refractivity contribution >= 4 is 18.3 Å². The van der Waals surface area contributed by atoms with Crippen molar-refractivity contribution < 1.29 is 14.6 Å². The van der Waals surface area contributed by atoms with Crippen molar-refractivity contribution in [3.63, 3.8) is 0 Å². The van der Waals surface area contributed by atoms with E-state index < -0.39 is 5.97 Å². The number of carboxylic acids is 1. The van der Waals surface area contributed by atoms with Gasteiger partial charge >= 0.3 is 5.97 Å². The fraction of sp³-hybridized carbons (Fsp3) is 0.160. The topological polar surface area (TPSA) is 46.5 Å². The average molecular weight is 370 g/mol. The van der Waals surface area contributed by atoms with Crippen molar-refractivity contribution in [1.29, 1.82) is 0 Å². The van der Waals surface area contributed by atoms with E-state index in [1.54, 1.807) is 0 Å². The largest absolute Gasteiger partial charge is 0.481 e. The van der Waals surface area contributed by atoms with E-state index in [9.17, 15) is 4.79 Å². The van der Waals surface area contributed by atoms with E-state index in [-0.39, 0.29) is 6.42 Å². The molecule has 0 aromatic heterocycles. The van der Waals surface area contributed by atoms with E-state index in [0.717, 1.165) is 24.2 Å². The normalized spacial score (nSPS) is 18.2. The van der Waals surface area contributed by atoms with Crippen molar-refractivity contribution in [1.82, 2.24) is 0 Å². The summed E-state index contributed by atoms with van der Waals surface area (Å²) in [6.45, 7) is 0. The van der Waals surface area contributed by atoms with Gasteiger partial charge < -0.3 is 9.84 Å². The third kappa shape index (κ3) is 4.15. The third-order valence-corrected chi connectivity index (χ3v) is 5.05. The lowest BCUT2D eigenvalue weighted by Gasteiger charge is -2.17. The first-order valence-electron chi connectivity index (χ1n) is 9.51. The summed E-state index contributed by atoms with van der Waals surface area (Å²) in [6.07, 6.45) is 16.0. The van der Waals surface area contributed by atoms with Crippen LogP contribution in [0.1, 0.15) is 24.0 Å². The first-order valence-corrected chi connectivity index (χ1v) is 9.51. The first kappa shape index (κ1) is 18.1. The van der Waals surface area contributed by atoms with Gasteiger partial charge in [0.2, 0.25) is 0 Å². The van der Waals surface area contributed by atoms with E-state index >= 15 is 0 Å². The second-order valence-electron chi connectivity index (χ2n) is 7.07. The van der Waals surface area contributed by atoms with Crippen LogP contribution in [0.15, 0.2) is 77.9 Å². The molecular weight excluding hydrogens is 348 g/mol. The van der Waals surface area contributed by atoms with Gasteiger partial charge in [0.15, 0.2) is 0 Å². The Balaban J connectivity index is 0.000000153. The first-order chi connectivity index (χ1) is 13.7. The van der Waals surface area contributed by atoms with Gasteiger partial charge in [0, 0.05) is 6.42 Å². The second-order valence-corrected chi connectivity index (χ2v) is 7.07. The monoisotopic (exact) mass is 370 g/mol. The van der Waals surface area contributed by atoms with Gasteiger partial charge in [0.25, 0.3) is 0 Å². The number of allylic oxidation sites excluding steroid dienone is 6. The molecule has 1 heterocycles. The van der Waals surface area contributed by atoms with Crippen LogP contribution < -0.4 is 15.2 Å². The second kappa shape index (κ2) is 8.13. The minimum absolute atomic E-state index is 0.212. The molecule has 0 fully saturated rings. The Bertz CT molecular complexity index is 1100. The Kier molecular flexibility index (Phi) is 5.24. The maximum absolute atomic E-state index is 10.2. The molecule has 1 N–H and O–H groups in total. The van der Waals surface area contributed by atoms with E-state index in [0.29, 0.717) is 6.42 Å². The Labute approximate surface area is 164 Å². The Morgan fingerprint density at radius 2 is 1.89 bits per heavy atom. The van der Waals surface area contributed by atoms with E-state index in [1.165, 1.54) is 27.1 Å². The van der Waals surface area contributed by atoms with Crippen LogP contribution >= 0.6 is 0 Å². The minimum atomic E-state index is -0.742. The standard InChI is InChI=1S/C16H12O.C9H10O2/c1-2-11-4-5-13-6-7-16-15(10-17-16)14(13)9-12(3-1)8-11;10-9(11)7-6-8-4-2-1-3-5-8/h1-4,6-7,9-10H,5,8H2;1-5H,6-7H2,(H,10,11)/b11-4-,14-9+;. The van der Waals surface area contributed by atoms with Crippen LogP contribution in [0.5, 0.6) is 5.75 Å². The van der Waals surface area contributed by atoms with Crippen LogP contribution in [0.4, 0.5) is 0 Å². The highest BCUT2D eigenvalue weighted by Gasteiger charge is 2.12. The van der Waals surface area contributed by atoms with E-state index in [1.807, 2.05) is 36.6 Å². The number of benzene rings is 2. The lowest BCUT2D eigenvalue weighted by molar-refractivity contribution is -0.136. The maximum Gasteiger partial charge on any atom is 0.303 e. The maximum atomic E-state index is 10.2. The van der Waals surface area contributed by atoms with Crippen LogP contribution in [-0.2, 0) is 17.6 Å². The van der Waals surface area contributed by atoms with E-state index in [2.05, 4.69) is 42.5 Å². The quantitative estimate of drug-likeness (QED) is 0.897. The molecule has 0 radical (unpaired) electrons. The summed E-state index contributed by atoms with van der Waals surface area (Å²) >= 11 is 0. The highest BCUT2D eigenvalue weighted by atomic mass is 16.5. The highest BCUT2D eigenvalue weighted by Crippen LogP contribution is 2.21. The number of carboxylic acid groups (broad SMARTS) is 1. The summed E-state index contributed by atoms with van der Waals surface area (Å²) in [5.74, 6) is 0.269. The van der Waals surface area contributed by atoms with Crippen LogP contribution in [-0.4, -0.2) is 11.1 Å². The van der Waals surface area contributed by atoms with Crippen molar-refractivity contribution in [3.8, 4) is 5.75 Å². The molecule has 2 bridgehead atoms. The molecule has 2 aliphatic carbocycles. The summed E-state index contributed by atoms with van der Waals surface area (Å²) in [5, 5.41) is 11.0. The van der Waals surface area contributed by atoms with Gasteiger partial charge in [-0.2, -0.15) is 0 Å². The molecule has 3 heteroatoms. The number of ether oxygens (including phenoxy) is 1. The van der Waals surface area contributed by atoms with Gasteiger partial charge in [-0.3, -0.25) is 4.79 Å². The van der Waals surface area contributed by atoms with Gasteiger partial charge in [-0.1, -0.05) is 66.8 Å². The Morgan fingerprint density at radius 3 is 2.64 bits per heavy atom. The van der Waals surface area contributed by atoms with Gasteiger partial charge in [0.05, 0.1) is 5.22 Å². The molecule has 0 amide bonds. The van der Waals surface area contributed by atoms with Crippen molar-refractivity contribution in [2.24, 2.45) is 0 Å². The van der Waals surface area contributed by atoms with Gasteiger partial charge in [-0.05, 0) is 52.8 Å². The molecule has 0 atom stereocenters. The van der Waals surface area contributed by atoms with Crippen molar-refractivity contribution in [2.45, 2.75) is 25.7 Å². The predicted octanol–water partition coefficient (Wildman–Crippen LogP) is 3.67. The Morgan fingerprint density at radius 1 is 1.04 bits per heavy atom. The smallest absolute Gasteiger partial charge is 0.303 e. The molecule has 5 rings (SSSR count). The van der Waals surface area contributed by atoms with Crippen LogP contribution in [0.3, 0.4) is 0 Å². The van der Waals surface area contributed by atoms with Crippen molar-refractivity contribution in [2.75, 3.05) is 0 Å². The zero-order valence-electron chi connectivity index (χ0n) is 15.6. The van der Waals surface area contributed by atoms with Crippen LogP contribution in [0, 0.1) is 0 Å². The molecular formula is C25H22O3. The zero-order chi connectivity index (χ0) is 19.3. The minimum Gasteiger partial charge on any atom is -0.481 e. The van der Waals surface area contributed by atoms with Gasteiger partial charge in [0.1, 0.15) is 12.0 Å². The summed E-state index contributed by atoms with van der Waals surface area (Å²) in [5.41, 5.74) is 5.28. The fourth-order valence-electron chi connectivity index (χ4n) is 3.51. The molecule has 3 nitrogen and oxygen atoms in total. The molecule has 28 heavy (non-hydrogen) atoms. The lowest BCUT2D eigenvalue weighted by atomic mass is 9.92. The van der Waals surface area contributed by atoms with Crippen molar-refractivity contribution in [3.05, 3.63) is 99.5 Å². The summed E-state index contributed by atoms with van der Waals surface area (Å²) in [6, 6.07) is 13.9. The number of fused-ring (bicyclic) bond motifs is 5. The van der Waals surface area contributed by atoms with Gasteiger partial charge in [-0.25, -0.2) is 0 Å². The molecule has 1 aliphatic heterocycles. The number of hydrogen-bond acceptors (Lipinski definition) is 2. The van der Waals surface area contributed by atoms with E-state index in [4.69, 9.17) is 9.84 Å². The number of carbonyl (C=O) groups is 1. The predicted molar refractivity (Wildman–Crippen MR) is 111 cm³/mol. The molecule has 3 aliphatic rings. The molecule has 0 saturated heterocycles. The molecule has 0 spiro atoms. The molecule has 0 unspecified atom stereocenters. The lowest BCUT2D eigenvalue weighted by Crippen LogP contribution is -2.36. The summed E-state index contributed by atoms with van der Waals surface area (Å²) < 4.78 is 5.32. The van der Waals surface area contributed by atoms with Gasteiger partial charge in [-0.15, -0.1) is 0 Å². The summed E-state index contributed by atoms with van der Waals surface area (Å²) in [4.78, 5) is 10.2. The molecule has 0 saturated carbocycles. The number of hydrogen-bond donors (Lipinski definition) is 1. The van der Waals surface area contributed by atoms with Crippen LogP contribution in [0.2, 0.25) is 0 Å².